The molecule has 4 bridgehead atoms. The van der Waals surface area contributed by atoms with Crippen LogP contribution in [0, 0.1) is 17.8 Å². The van der Waals surface area contributed by atoms with Crippen molar-refractivity contribution in [2.45, 2.75) is 44.6 Å². The van der Waals surface area contributed by atoms with Crippen LogP contribution in [0.1, 0.15) is 43.2 Å². The van der Waals surface area contributed by atoms with Gasteiger partial charge in [0.15, 0.2) is 0 Å². The van der Waals surface area contributed by atoms with Gasteiger partial charge < -0.3 is 4.90 Å². The molecule has 2 atom stereocenters. The van der Waals surface area contributed by atoms with Gasteiger partial charge in [0.1, 0.15) is 0 Å². The summed E-state index contributed by atoms with van der Waals surface area (Å²) in [5.74, 6) is 2.55. The lowest BCUT2D eigenvalue weighted by molar-refractivity contribution is 0.137. The fourth-order valence-electron chi connectivity index (χ4n) is 6.22. The maximum Gasteiger partial charge on any atom is 0.0979 e. The minimum atomic E-state index is 0.691. The molecular weight excluding hydrogens is 344 g/mol. The topological polar surface area (TPSA) is 41.4 Å². The number of hydrogen-bond acceptors (Lipinski definition) is 4. The summed E-state index contributed by atoms with van der Waals surface area (Å²) in [6.45, 7) is 0. The zero-order valence-corrected chi connectivity index (χ0v) is 16.4. The number of pyridine rings is 2. The average Bonchev–Trinajstić information content (AvgIpc) is 2.86. The van der Waals surface area contributed by atoms with Crippen molar-refractivity contribution >= 4 is 5.71 Å². The second kappa shape index (κ2) is 6.26. The molecular formula is C24H26N4. The Morgan fingerprint density at radius 1 is 0.964 bits per heavy atom. The van der Waals surface area contributed by atoms with Gasteiger partial charge in [0.05, 0.1) is 17.1 Å². The molecule has 4 heterocycles. The number of allylic oxidation sites excluding steroid dienone is 1. The van der Waals surface area contributed by atoms with Gasteiger partial charge in [-0.15, -0.1) is 0 Å². The summed E-state index contributed by atoms with van der Waals surface area (Å²) in [6.07, 6.45) is 13.7. The Kier molecular flexibility index (Phi) is 3.68. The quantitative estimate of drug-likeness (QED) is 0.744. The molecule has 0 radical (unpaired) electrons. The van der Waals surface area contributed by atoms with Crippen molar-refractivity contribution in [2.24, 2.45) is 22.7 Å². The molecule has 4 nitrogen and oxygen atoms in total. The lowest BCUT2D eigenvalue weighted by Gasteiger charge is -2.38. The molecule has 3 aliphatic carbocycles. The molecule has 4 heteroatoms. The lowest BCUT2D eigenvalue weighted by Crippen LogP contribution is -2.34. The van der Waals surface area contributed by atoms with Crippen LogP contribution in [0.15, 0.2) is 53.5 Å². The predicted octanol–water partition coefficient (Wildman–Crippen LogP) is 4.47. The van der Waals surface area contributed by atoms with Gasteiger partial charge in [0.2, 0.25) is 0 Å². The largest absolute Gasteiger partial charge is 0.373 e. The molecule has 2 aliphatic heterocycles. The Balaban J connectivity index is 1.42. The maximum atomic E-state index is 5.08. The summed E-state index contributed by atoms with van der Waals surface area (Å²) in [5, 5.41) is 0. The molecule has 142 valence electrons. The molecule has 2 aromatic rings. The molecule has 2 aromatic heterocycles. The van der Waals surface area contributed by atoms with Crippen LogP contribution >= 0.6 is 0 Å². The van der Waals surface area contributed by atoms with Crippen LogP contribution in [0.2, 0.25) is 0 Å². The van der Waals surface area contributed by atoms with Gasteiger partial charge in [-0.05, 0) is 67.7 Å². The Labute approximate surface area is 166 Å². The van der Waals surface area contributed by atoms with Crippen LogP contribution in [0.3, 0.4) is 0 Å². The second-order valence-corrected chi connectivity index (χ2v) is 9.09. The van der Waals surface area contributed by atoms with E-state index in [0.717, 1.165) is 40.9 Å². The van der Waals surface area contributed by atoms with Crippen LogP contribution in [-0.4, -0.2) is 33.7 Å². The van der Waals surface area contributed by atoms with E-state index >= 15 is 0 Å². The minimum Gasteiger partial charge on any atom is -0.373 e. The van der Waals surface area contributed by atoms with E-state index in [9.17, 15) is 0 Å². The highest BCUT2D eigenvalue weighted by Crippen LogP contribution is 2.50. The highest BCUT2D eigenvalue weighted by molar-refractivity contribution is 6.09. The monoisotopic (exact) mass is 370 g/mol. The molecule has 0 amide bonds. The average molecular weight is 371 g/mol. The summed E-state index contributed by atoms with van der Waals surface area (Å²) in [7, 11) is 2.30. The van der Waals surface area contributed by atoms with Gasteiger partial charge in [-0.25, -0.2) is 0 Å². The van der Waals surface area contributed by atoms with Gasteiger partial charge in [0.25, 0.3) is 0 Å². The Bertz CT molecular complexity index is 978. The second-order valence-electron chi connectivity index (χ2n) is 9.09. The fraction of sp³-hybridized carbons (Fsp3) is 0.458. The normalized spacial score (nSPS) is 33.1. The zero-order chi connectivity index (χ0) is 18.7. The Morgan fingerprint density at radius 3 is 2.54 bits per heavy atom. The maximum absolute atomic E-state index is 5.08. The van der Waals surface area contributed by atoms with Crippen LogP contribution < -0.4 is 0 Å². The van der Waals surface area contributed by atoms with Gasteiger partial charge in [-0.3, -0.25) is 15.0 Å². The van der Waals surface area contributed by atoms with Crippen molar-refractivity contribution < 1.29 is 0 Å². The molecule has 4 fully saturated rings. The van der Waals surface area contributed by atoms with Gasteiger partial charge in [-0.1, -0.05) is 6.07 Å². The molecule has 0 aromatic carbocycles. The van der Waals surface area contributed by atoms with Crippen molar-refractivity contribution in [1.82, 2.24) is 14.9 Å². The molecule has 5 aliphatic rings. The Hall–Kier alpha value is -2.49. The summed E-state index contributed by atoms with van der Waals surface area (Å²) < 4.78 is 0. The molecule has 2 unspecified atom stereocenters. The molecule has 2 saturated heterocycles. The summed E-state index contributed by atoms with van der Waals surface area (Å²) in [4.78, 5) is 16.9. The van der Waals surface area contributed by atoms with Crippen molar-refractivity contribution in [1.29, 1.82) is 0 Å². The number of fused-ring (bicyclic) bond motifs is 4. The third kappa shape index (κ3) is 2.54. The third-order valence-corrected chi connectivity index (χ3v) is 7.43. The van der Waals surface area contributed by atoms with Gasteiger partial charge in [0, 0.05) is 55.3 Å². The zero-order valence-electron chi connectivity index (χ0n) is 16.4. The highest BCUT2D eigenvalue weighted by Gasteiger charge is 2.43. The van der Waals surface area contributed by atoms with Crippen molar-refractivity contribution in [3.8, 4) is 11.4 Å². The minimum absolute atomic E-state index is 0.691. The first-order valence-electron chi connectivity index (χ1n) is 10.7. The van der Waals surface area contributed by atoms with Gasteiger partial charge >= 0.3 is 0 Å². The van der Waals surface area contributed by atoms with Crippen molar-refractivity contribution in [3.05, 3.63) is 59.7 Å². The van der Waals surface area contributed by atoms with Crippen LogP contribution in [0.4, 0.5) is 0 Å². The van der Waals surface area contributed by atoms with Crippen LogP contribution in [0.5, 0.6) is 0 Å². The van der Waals surface area contributed by atoms with Crippen LogP contribution in [0.25, 0.3) is 11.4 Å². The van der Waals surface area contributed by atoms with E-state index in [1.807, 2.05) is 24.5 Å². The number of hydrogen-bond donors (Lipinski definition) is 0. The smallest absolute Gasteiger partial charge is 0.0979 e. The number of aliphatic imine (C=N–C) groups is 1. The fourth-order valence-corrected chi connectivity index (χ4v) is 6.22. The Morgan fingerprint density at radius 2 is 1.71 bits per heavy atom. The van der Waals surface area contributed by atoms with Gasteiger partial charge in [-0.2, -0.15) is 0 Å². The first-order chi connectivity index (χ1) is 13.8. The summed E-state index contributed by atoms with van der Waals surface area (Å²) >= 11 is 0. The molecule has 7 rings (SSSR count). The predicted molar refractivity (Wildman–Crippen MR) is 111 cm³/mol. The number of nitrogens with zero attached hydrogens (tertiary/aromatic N) is 4. The first kappa shape index (κ1) is 16.5. The van der Waals surface area contributed by atoms with E-state index in [4.69, 9.17) is 4.99 Å². The first-order valence-corrected chi connectivity index (χ1v) is 10.7. The molecule has 0 N–H and O–H groups in total. The third-order valence-electron chi connectivity index (χ3n) is 7.43. The van der Waals surface area contributed by atoms with E-state index in [2.05, 4.69) is 40.2 Å². The lowest BCUT2D eigenvalue weighted by atomic mass is 9.68. The van der Waals surface area contributed by atoms with Crippen LogP contribution in [-0.2, 0) is 6.42 Å². The van der Waals surface area contributed by atoms with E-state index in [1.165, 1.54) is 43.4 Å². The van der Waals surface area contributed by atoms with E-state index in [-0.39, 0.29) is 0 Å². The molecule has 2 saturated carbocycles. The van der Waals surface area contributed by atoms with E-state index in [1.54, 1.807) is 0 Å². The standard InChI is InChI=1S/C24H26N4/c1-28-19-11-15-8-16(12-19)10-18(9-15)22(28)14-27-21-13-17-4-2-6-25-23(17)24-20(21)5-3-7-26-24/h2-7,14-16,18-19H,8-13H2,1H3/b22-14+,27-21+. The number of rotatable bonds is 1. The molecule has 0 spiro atoms. The SMILES string of the molecule is CN1/C(=C/N=C2\Cc3cccnc3-c3ncccc32)C2CC3CC(C2)CC1C3. The van der Waals surface area contributed by atoms with E-state index in [0.29, 0.717) is 12.0 Å². The molecule has 28 heavy (non-hydrogen) atoms. The highest BCUT2D eigenvalue weighted by atomic mass is 15.2. The van der Waals surface area contributed by atoms with Crippen molar-refractivity contribution in [3.63, 3.8) is 0 Å². The van der Waals surface area contributed by atoms with Crippen molar-refractivity contribution in [2.75, 3.05) is 7.05 Å². The summed E-state index contributed by atoms with van der Waals surface area (Å²) in [6, 6.07) is 9.03. The summed E-state index contributed by atoms with van der Waals surface area (Å²) in [5.41, 5.74) is 6.91. The van der Waals surface area contributed by atoms with E-state index < -0.39 is 0 Å². The number of aromatic nitrogens is 2.